The maximum atomic E-state index is 12.6. The molecular formula is C16H16N6O4. The van der Waals surface area contributed by atoms with E-state index in [0.29, 0.717) is 30.4 Å². The Labute approximate surface area is 148 Å². The molecule has 2 fully saturated rings. The van der Waals surface area contributed by atoms with Crippen LogP contribution >= 0.6 is 0 Å². The Morgan fingerprint density at radius 3 is 2.96 bits per heavy atom. The van der Waals surface area contributed by atoms with E-state index < -0.39 is 11.9 Å². The Kier molecular flexibility index (Phi) is 4.07. The first-order valence-corrected chi connectivity index (χ1v) is 8.26. The minimum atomic E-state index is -0.547. The molecule has 2 aliphatic heterocycles. The van der Waals surface area contributed by atoms with Crippen LogP contribution in [0.25, 0.3) is 11.5 Å². The second kappa shape index (κ2) is 6.54. The molecule has 2 saturated heterocycles. The first-order chi connectivity index (χ1) is 12.6. The van der Waals surface area contributed by atoms with Gasteiger partial charge in [0.15, 0.2) is 0 Å². The third kappa shape index (κ3) is 2.89. The van der Waals surface area contributed by atoms with E-state index in [1.54, 1.807) is 23.2 Å². The van der Waals surface area contributed by atoms with Crippen molar-refractivity contribution < 1.29 is 18.9 Å². The third-order valence-electron chi connectivity index (χ3n) is 4.42. The minimum Gasteiger partial charge on any atom is -0.337 e. The van der Waals surface area contributed by atoms with E-state index in [-0.39, 0.29) is 25.0 Å². The first kappa shape index (κ1) is 16.2. The minimum absolute atomic E-state index is 0.0767. The zero-order valence-corrected chi connectivity index (χ0v) is 13.8. The molecule has 4 amide bonds. The molecule has 0 aromatic carbocycles. The number of hydrogen-bond donors (Lipinski definition) is 1. The van der Waals surface area contributed by atoms with E-state index in [9.17, 15) is 14.4 Å². The summed E-state index contributed by atoms with van der Waals surface area (Å²) in [5.41, 5.74) is 0.581. The van der Waals surface area contributed by atoms with Gasteiger partial charge in [0.25, 0.3) is 5.91 Å². The van der Waals surface area contributed by atoms with E-state index in [1.165, 1.54) is 0 Å². The van der Waals surface area contributed by atoms with E-state index in [2.05, 4.69) is 20.4 Å². The molecular weight excluding hydrogens is 340 g/mol. The Bertz CT molecular complexity index is 835. The second-order valence-electron chi connectivity index (χ2n) is 6.05. The highest BCUT2D eigenvalue weighted by Gasteiger charge is 2.37. The Hall–Kier alpha value is -3.30. The number of aromatic nitrogens is 3. The standard InChI is InChI=1S/C16H16N6O4/c23-12-8-18-16(25)22(12)9-13(24)21-7-3-5-11(21)15-19-14(20-26-15)10-4-1-2-6-17-10/h1-2,4,6,11H,3,5,7-9H2,(H,18,25)/t11-/m1/s1. The van der Waals surface area contributed by atoms with Crippen LogP contribution < -0.4 is 5.32 Å². The zero-order valence-electron chi connectivity index (χ0n) is 13.8. The highest BCUT2D eigenvalue weighted by molar-refractivity contribution is 6.04. The van der Waals surface area contributed by atoms with Crippen molar-refractivity contribution >= 4 is 17.8 Å². The van der Waals surface area contributed by atoms with Crippen LogP contribution in [0.1, 0.15) is 24.8 Å². The molecule has 26 heavy (non-hydrogen) atoms. The van der Waals surface area contributed by atoms with Crippen LogP contribution in [0.4, 0.5) is 4.79 Å². The number of pyridine rings is 1. The van der Waals surface area contributed by atoms with Crippen LogP contribution in [-0.2, 0) is 9.59 Å². The summed E-state index contributed by atoms with van der Waals surface area (Å²) in [4.78, 5) is 46.9. The van der Waals surface area contributed by atoms with E-state index in [4.69, 9.17) is 4.52 Å². The van der Waals surface area contributed by atoms with Gasteiger partial charge in [0.2, 0.25) is 17.6 Å². The number of imide groups is 1. The van der Waals surface area contributed by atoms with Crippen molar-refractivity contribution in [2.45, 2.75) is 18.9 Å². The number of urea groups is 1. The first-order valence-electron chi connectivity index (χ1n) is 8.26. The number of carbonyl (C=O) groups is 3. The molecule has 134 valence electrons. The van der Waals surface area contributed by atoms with Gasteiger partial charge < -0.3 is 14.7 Å². The average Bonchev–Trinajstić information content (AvgIpc) is 3.38. The highest BCUT2D eigenvalue weighted by Crippen LogP contribution is 2.32. The highest BCUT2D eigenvalue weighted by atomic mass is 16.5. The summed E-state index contributed by atoms with van der Waals surface area (Å²) in [6, 6.07) is 4.46. The maximum absolute atomic E-state index is 12.6. The van der Waals surface area contributed by atoms with Gasteiger partial charge >= 0.3 is 6.03 Å². The van der Waals surface area contributed by atoms with Crippen molar-refractivity contribution in [1.82, 2.24) is 30.2 Å². The summed E-state index contributed by atoms with van der Waals surface area (Å²) in [5.74, 6) is -0.0486. The summed E-state index contributed by atoms with van der Waals surface area (Å²) in [6.07, 6.45) is 3.09. The normalized spacial score (nSPS) is 19.9. The lowest BCUT2D eigenvalue weighted by atomic mass is 10.2. The number of hydrogen-bond acceptors (Lipinski definition) is 7. The van der Waals surface area contributed by atoms with Gasteiger partial charge in [-0.05, 0) is 25.0 Å². The predicted octanol–water partition coefficient (Wildman–Crippen LogP) is 0.347. The van der Waals surface area contributed by atoms with Crippen LogP contribution in [0, 0.1) is 0 Å². The maximum Gasteiger partial charge on any atom is 0.325 e. The molecule has 2 aromatic heterocycles. The van der Waals surface area contributed by atoms with Gasteiger partial charge in [0.1, 0.15) is 18.3 Å². The van der Waals surface area contributed by atoms with Crippen molar-refractivity contribution in [3.05, 3.63) is 30.3 Å². The summed E-state index contributed by atoms with van der Waals surface area (Å²) in [7, 11) is 0. The smallest absolute Gasteiger partial charge is 0.325 e. The summed E-state index contributed by atoms with van der Waals surface area (Å²) in [6.45, 7) is 0.142. The molecule has 2 aliphatic rings. The molecule has 0 bridgehead atoms. The van der Waals surface area contributed by atoms with Gasteiger partial charge in [0.05, 0.1) is 6.54 Å². The van der Waals surface area contributed by atoms with Crippen molar-refractivity contribution in [2.24, 2.45) is 0 Å². The Morgan fingerprint density at radius 1 is 1.35 bits per heavy atom. The molecule has 1 atom stereocenters. The lowest BCUT2D eigenvalue weighted by Gasteiger charge is -2.23. The summed E-state index contributed by atoms with van der Waals surface area (Å²) < 4.78 is 5.34. The number of nitrogens with zero attached hydrogens (tertiary/aromatic N) is 5. The fourth-order valence-corrected chi connectivity index (χ4v) is 3.13. The SMILES string of the molecule is O=C1CNC(=O)N1CC(=O)N1CCC[C@@H]1c1nc(-c2ccccn2)no1. The largest absolute Gasteiger partial charge is 0.337 e. The van der Waals surface area contributed by atoms with E-state index in [1.807, 2.05) is 6.07 Å². The summed E-state index contributed by atoms with van der Waals surface area (Å²) in [5, 5.41) is 6.34. The van der Waals surface area contributed by atoms with Gasteiger partial charge in [-0.15, -0.1) is 0 Å². The molecule has 0 unspecified atom stereocenters. The number of likely N-dealkylation sites (tertiary alicyclic amines) is 1. The fraction of sp³-hybridized carbons (Fsp3) is 0.375. The second-order valence-corrected chi connectivity index (χ2v) is 6.05. The van der Waals surface area contributed by atoms with E-state index >= 15 is 0 Å². The zero-order chi connectivity index (χ0) is 18.1. The van der Waals surface area contributed by atoms with Crippen molar-refractivity contribution in [2.75, 3.05) is 19.6 Å². The van der Waals surface area contributed by atoms with E-state index in [0.717, 1.165) is 11.3 Å². The Balaban J connectivity index is 1.50. The van der Waals surface area contributed by atoms with Crippen LogP contribution in [0.2, 0.25) is 0 Å². The van der Waals surface area contributed by atoms with Crippen LogP contribution in [0.15, 0.2) is 28.9 Å². The molecule has 0 aliphatic carbocycles. The lowest BCUT2D eigenvalue weighted by molar-refractivity contribution is -0.137. The molecule has 4 heterocycles. The van der Waals surface area contributed by atoms with Crippen LogP contribution in [0.5, 0.6) is 0 Å². The molecule has 1 N–H and O–H groups in total. The lowest BCUT2D eigenvalue weighted by Crippen LogP contribution is -2.42. The number of carbonyl (C=O) groups excluding carboxylic acids is 3. The van der Waals surface area contributed by atoms with Crippen molar-refractivity contribution in [3.63, 3.8) is 0 Å². The third-order valence-corrected chi connectivity index (χ3v) is 4.42. The fourth-order valence-electron chi connectivity index (χ4n) is 3.13. The predicted molar refractivity (Wildman–Crippen MR) is 86.3 cm³/mol. The molecule has 0 saturated carbocycles. The molecule has 10 nitrogen and oxygen atoms in total. The molecule has 4 rings (SSSR count). The van der Waals surface area contributed by atoms with Crippen LogP contribution in [-0.4, -0.2) is 62.4 Å². The number of nitrogens with one attached hydrogen (secondary N) is 1. The van der Waals surface area contributed by atoms with Gasteiger partial charge in [-0.25, -0.2) is 4.79 Å². The Morgan fingerprint density at radius 2 is 2.23 bits per heavy atom. The van der Waals surface area contributed by atoms with Gasteiger partial charge in [0, 0.05) is 12.7 Å². The molecule has 10 heteroatoms. The molecule has 2 aromatic rings. The quantitative estimate of drug-likeness (QED) is 0.784. The monoisotopic (exact) mass is 356 g/mol. The van der Waals surface area contributed by atoms with Gasteiger partial charge in [-0.1, -0.05) is 11.2 Å². The molecule has 0 radical (unpaired) electrons. The van der Waals surface area contributed by atoms with Crippen molar-refractivity contribution in [3.8, 4) is 11.5 Å². The van der Waals surface area contributed by atoms with Gasteiger partial charge in [-0.3, -0.25) is 19.5 Å². The van der Waals surface area contributed by atoms with Crippen molar-refractivity contribution in [1.29, 1.82) is 0 Å². The topological polar surface area (TPSA) is 122 Å². The molecule has 0 spiro atoms. The summed E-state index contributed by atoms with van der Waals surface area (Å²) >= 11 is 0. The van der Waals surface area contributed by atoms with Gasteiger partial charge in [-0.2, -0.15) is 4.98 Å². The average molecular weight is 356 g/mol. The number of amides is 4. The number of rotatable bonds is 4. The van der Waals surface area contributed by atoms with Crippen LogP contribution in [0.3, 0.4) is 0 Å².